The van der Waals surface area contributed by atoms with Crippen molar-refractivity contribution in [3.8, 4) is 0 Å². The zero-order valence-electron chi connectivity index (χ0n) is 18.1. The van der Waals surface area contributed by atoms with E-state index in [4.69, 9.17) is 4.99 Å². The van der Waals surface area contributed by atoms with Crippen LogP contribution in [0.3, 0.4) is 0 Å². The lowest BCUT2D eigenvalue weighted by molar-refractivity contribution is -0.132. The molecule has 2 N–H and O–H groups in total. The van der Waals surface area contributed by atoms with Crippen LogP contribution in [-0.2, 0) is 4.79 Å². The Morgan fingerprint density at radius 2 is 1.74 bits per heavy atom. The molecule has 0 radical (unpaired) electrons. The smallest absolute Gasteiger partial charge is 0.222 e. The molecule has 0 unspecified atom stereocenters. The fourth-order valence-electron chi connectivity index (χ4n) is 6.57. The molecular formula is C26H30N4O. The van der Waals surface area contributed by atoms with E-state index in [0.29, 0.717) is 30.2 Å². The van der Waals surface area contributed by atoms with E-state index in [1.54, 1.807) is 0 Å². The molecular weight excluding hydrogens is 384 g/mol. The molecule has 2 saturated heterocycles. The van der Waals surface area contributed by atoms with E-state index < -0.39 is 0 Å². The fourth-order valence-corrected chi connectivity index (χ4v) is 6.57. The van der Waals surface area contributed by atoms with Crippen LogP contribution in [0, 0.1) is 18.8 Å². The summed E-state index contributed by atoms with van der Waals surface area (Å²) >= 11 is 0. The van der Waals surface area contributed by atoms with Gasteiger partial charge in [-0.25, -0.2) is 4.99 Å². The summed E-state index contributed by atoms with van der Waals surface area (Å²) in [5, 5.41) is 7.67. The number of carbonyl (C=O) groups excluding carboxylic acids is 1. The number of nitrogens with one attached hydrogen (secondary N) is 2. The van der Waals surface area contributed by atoms with Crippen LogP contribution in [0.4, 0.5) is 17.1 Å². The summed E-state index contributed by atoms with van der Waals surface area (Å²) in [6, 6.07) is 17.2. The quantitative estimate of drug-likeness (QED) is 0.682. The van der Waals surface area contributed by atoms with E-state index in [-0.39, 0.29) is 5.54 Å². The molecule has 31 heavy (non-hydrogen) atoms. The van der Waals surface area contributed by atoms with Crippen molar-refractivity contribution < 1.29 is 4.79 Å². The molecule has 0 bridgehead atoms. The van der Waals surface area contributed by atoms with E-state index in [0.717, 1.165) is 61.5 Å². The maximum absolute atomic E-state index is 12.7. The molecule has 2 aromatic rings. The second-order valence-electron chi connectivity index (χ2n) is 9.81. The summed E-state index contributed by atoms with van der Waals surface area (Å²) < 4.78 is 0. The van der Waals surface area contributed by atoms with Crippen molar-refractivity contribution in [1.29, 1.82) is 0 Å². The third-order valence-corrected chi connectivity index (χ3v) is 7.93. The van der Waals surface area contributed by atoms with Gasteiger partial charge in [-0.1, -0.05) is 30.3 Å². The predicted molar refractivity (Wildman–Crippen MR) is 125 cm³/mol. The van der Waals surface area contributed by atoms with Gasteiger partial charge < -0.3 is 15.5 Å². The molecule has 5 nitrogen and oxygen atoms in total. The van der Waals surface area contributed by atoms with Crippen molar-refractivity contribution in [2.24, 2.45) is 16.8 Å². The number of para-hydroxylation sites is 3. The highest BCUT2D eigenvalue weighted by Gasteiger charge is 2.55. The Morgan fingerprint density at radius 1 is 1.00 bits per heavy atom. The first-order chi connectivity index (χ1) is 15.1. The number of benzene rings is 2. The minimum atomic E-state index is -0.216. The van der Waals surface area contributed by atoms with Crippen LogP contribution in [0.2, 0.25) is 0 Å². The minimum absolute atomic E-state index is 0.216. The Morgan fingerprint density at radius 3 is 2.58 bits per heavy atom. The SMILES string of the molecule is Cc1ccccc1N=C1Nc2ccccc2N[C@]12C[C@H]1CCCC(=O)N3CC[C@@H](C2)[C@@H]13. The van der Waals surface area contributed by atoms with Crippen LogP contribution in [-0.4, -0.2) is 34.8 Å². The van der Waals surface area contributed by atoms with Gasteiger partial charge in [-0.15, -0.1) is 0 Å². The van der Waals surface area contributed by atoms with E-state index in [2.05, 4.69) is 71.0 Å². The van der Waals surface area contributed by atoms with Gasteiger partial charge in [0.1, 0.15) is 5.84 Å². The number of rotatable bonds is 1. The molecule has 1 amide bonds. The van der Waals surface area contributed by atoms with Crippen molar-refractivity contribution >= 4 is 28.8 Å². The number of hydrogen-bond donors (Lipinski definition) is 2. The molecule has 3 aliphatic heterocycles. The third kappa shape index (κ3) is 3.05. The van der Waals surface area contributed by atoms with Crippen molar-refractivity contribution in [3.63, 3.8) is 0 Å². The molecule has 2 aromatic carbocycles. The summed E-state index contributed by atoms with van der Waals surface area (Å²) in [6.07, 6.45) is 5.99. The molecule has 4 aliphatic rings. The molecule has 3 fully saturated rings. The van der Waals surface area contributed by atoms with Gasteiger partial charge in [0, 0.05) is 19.0 Å². The Balaban J connectivity index is 1.45. The number of nitrogens with zero attached hydrogens (tertiary/aromatic N) is 2. The van der Waals surface area contributed by atoms with Gasteiger partial charge in [0.25, 0.3) is 0 Å². The second kappa shape index (κ2) is 7.11. The lowest BCUT2D eigenvalue weighted by atomic mass is 9.65. The molecule has 3 heterocycles. The lowest BCUT2D eigenvalue weighted by Gasteiger charge is -2.51. The molecule has 5 heteroatoms. The topological polar surface area (TPSA) is 56.7 Å². The summed E-state index contributed by atoms with van der Waals surface area (Å²) in [6.45, 7) is 3.05. The largest absolute Gasteiger partial charge is 0.371 e. The highest BCUT2D eigenvalue weighted by molar-refractivity contribution is 6.10. The first-order valence-corrected chi connectivity index (χ1v) is 11.7. The van der Waals surface area contributed by atoms with Crippen LogP contribution in [0.25, 0.3) is 0 Å². The van der Waals surface area contributed by atoms with Crippen molar-refractivity contribution in [1.82, 2.24) is 4.90 Å². The Bertz CT molecular complexity index is 1060. The predicted octanol–water partition coefficient (Wildman–Crippen LogP) is 5.11. The zero-order chi connectivity index (χ0) is 21.0. The Labute approximate surface area is 183 Å². The normalized spacial score (nSPS) is 32.8. The van der Waals surface area contributed by atoms with Gasteiger partial charge in [0.05, 0.1) is 22.6 Å². The molecule has 0 aromatic heterocycles. The van der Waals surface area contributed by atoms with Crippen LogP contribution >= 0.6 is 0 Å². The number of aliphatic imine (C=N–C) groups is 1. The Kier molecular flexibility index (Phi) is 4.34. The number of amidine groups is 1. The van der Waals surface area contributed by atoms with Crippen LogP contribution in [0.1, 0.15) is 44.1 Å². The number of hydrogen-bond acceptors (Lipinski definition) is 3. The third-order valence-electron chi connectivity index (χ3n) is 7.93. The first-order valence-electron chi connectivity index (χ1n) is 11.7. The fraction of sp³-hybridized carbons (Fsp3) is 0.462. The van der Waals surface area contributed by atoms with Gasteiger partial charge in [-0.3, -0.25) is 4.79 Å². The van der Waals surface area contributed by atoms with Crippen molar-refractivity contribution in [3.05, 3.63) is 54.1 Å². The van der Waals surface area contributed by atoms with E-state index in [1.165, 1.54) is 5.56 Å². The highest BCUT2D eigenvalue weighted by atomic mass is 16.2. The van der Waals surface area contributed by atoms with Crippen LogP contribution in [0.15, 0.2) is 53.5 Å². The average Bonchev–Trinajstić information content (AvgIpc) is 3.12. The number of carbonyl (C=O) groups is 1. The second-order valence-corrected chi connectivity index (χ2v) is 9.81. The van der Waals surface area contributed by atoms with Gasteiger partial charge in [0.2, 0.25) is 5.91 Å². The molecule has 6 rings (SSSR count). The van der Waals surface area contributed by atoms with Crippen molar-refractivity contribution in [2.45, 2.75) is 57.0 Å². The highest BCUT2D eigenvalue weighted by Crippen LogP contribution is 2.51. The maximum atomic E-state index is 12.7. The van der Waals surface area contributed by atoms with E-state index in [1.807, 2.05) is 0 Å². The zero-order valence-corrected chi connectivity index (χ0v) is 18.1. The van der Waals surface area contributed by atoms with Gasteiger partial charge in [-0.05, 0) is 74.6 Å². The molecule has 4 atom stereocenters. The summed E-state index contributed by atoms with van der Waals surface area (Å²) in [4.78, 5) is 20.1. The van der Waals surface area contributed by atoms with Gasteiger partial charge in [0.15, 0.2) is 0 Å². The maximum Gasteiger partial charge on any atom is 0.222 e. The number of anilines is 2. The van der Waals surface area contributed by atoms with Crippen molar-refractivity contribution in [2.75, 3.05) is 17.2 Å². The number of amides is 1. The number of fused-ring (bicyclic) bond motifs is 1. The average molecular weight is 415 g/mol. The first kappa shape index (κ1) is 18.9. The van der Waals surface area contributed by atoms with E-state index in [9.17, 15) is 4.79 Å². The van der Waals surface area contributed by atoms with Crippen LogP contribution < -0.4 is 10.6 Å². The van der Waals surface area contributed by atoms with Crippen LogP contribution in [0.5, 0.6) is 0 Å². The van der Waals surface area contributed by atoms with Gasteiger partial charge >= 0.3 is 0 Å². The lowest BCUT2D eigenvalue weighted by Crippen LogP contribution is -2.60. The monoisotopic (exact) mass is 414 g/mol. The van der Waals surface area contributed by atoms with Gasteiger partial charge in [-0.2, -0.15) is 0 Å². The minimum Gasteiger partial charge on any atom is -0.371 e. The standard InChI is InChI=1S/C26H30N4O/c1-17-7-2-3-9-20(17)27-25-26(29-22-11-5-4-10-21(22)28-25)15-18-8-6-12-23(31)30-14-13-19(16-26)24(18)30/h2-5,7,9-11,18-19,24,29H,6,8,12-16H2,1H3,(H,27,28)/t18-,19+,24-,26+/m1/s1. The molecule has 160 valence electrons. The molecule has 1 saturated carbocycles. The van der Waals surface area contributed by atoms with E-state index >= 15 is 0 Å². The summed E-state index contributed by atoms with van der Waals surface area (Å²) in [5.74, 6) is 2.46. The molecule has 1 aliphatic carbocycles. The molecule has 1 spiro atoms. The summed E-state index contributed by atoms with van der Waals surface area (Å²) in [5.41, 5.74) is 4.24. The Hall–Kier alpha value is -2.82. The number of aryl methyl sites for hydroxylation is 1. The summed E-state index contributed by atoms with van der Waals surface area (Å²) in [7, 11) is 0.